The number of methoxy groups -OCH3 is 1. The van der Waals surface area contributed by atoms with Gasteiger partial charge in [-0.25, -0.2) is 14.8 Å². The van der Waals surface area contributed by atoms with E-state index in [1.807, 2.05) is 20.8 Å². The lowest BCUT2D eigenvalue weighted by molar-refractivity contribution is 0.0141. The van der Waals surface area contributed by atoms with Crippen LogP contribution in [0.3, 0.4) is 0 Å². The molecule has 2 aromatic carbocycles. The van der Waals surface area contributed by atoms with E-state index in [4.69, 9.17) is 20.6 Å². The molecule has 4 rings (SSSR count). The van der Waals surface area contributed by atoms with Crippen molar-refractivity contribution < 1.29 is 23.8 Å². The van der Waals surface area contributed by atoms with Gasteiger partial charge in [-0.05, 0) is 63.6 Å². The van der Waals surface area contributed by atoms with E-state index in [0.717, 1.165) is 5.56 Å². The molecule has 222 valence electrons. The van der Waals surface area contributed by atoms with Crippen molar-refractivity contribution in [2.45, 2.75) is 39.4 Å². The van der Waals surface area contributed by atoms with Crippen molar-refractivity contribution in [3.8, 4) is 41.0 Å². The number of carbonyl (C=O) groups is 2. The Bertz CT molecular complexity index is 1560. The SMILES string of the molecule is C#C[C@@H](C)Oc1cc(-c2cnc(Nc3ccc(C(=O)N4CCN(C(=O)OC(C)(C)C)CC4)cc3OC)nc2)ccc1C#N. The van der Waals surface area contributed by atoms with E-state index in [9.17, 15) is 14.9 Å². The maximum absolute atomic E-state index is 13.2. The Morgan fingerprint density at radius 2 is 1.67 bits per heavy atom. The van der Waals surface area contributed by atoms with Crippen LogP contribution in [0.1, 0.15) is 43.6 Å². The fraction of sp³-hybridized carbons (Fsp3) is 0.344. The fourth-order valence-corrected chi connectivity index (χ4v) is 4.31. The summed E-state index contributed by atoms with van der Waals surface area (Å²) in [5, 5.41) is 12.5. The highest BCUT2D eigenvalue weighted by molar-refractivity contribution is 5.95. The molecular formula is C32H34N6O5. The van der Waals surface area contributed by atoms with Gasteiger partial charge in [-0.3, -0.25) is 4.79 Å². The molecule has 1 saturated heterocycles. The van der Waals surface area contributed by atoms with Crippen molar-refractivity contribution in [2.75, 3.05) is 38.6 Å². The van der Waals surface area contributed by atoms with E-state index in [0.29, 0.717) is 66.0 Å². The Labute approximate surface area is 251 Å². The van der Waals surface area contributed by atoms with Crippen LogP contribution >= 0.6 is 0 Å². The first-order valence-corrected chi connectivity index (χ1v) is 13.7. The molecule has 2 amide bonds. The maximum Gasteiger partial charge on any atom is 0.410 e. The molecule has 1 aliphatic rings. The molecule has 1 N–H and O–H groups in total. The summed E-state index contributed by atoms with van der Waals surface area (Å²) in [4.78, 5) is 37.7. The molecular weight excluding hydrogens is 548 g/mol. The molecule has 0 bridgehead atoms. The standard InChI is InChI=1S/C32H34N6O5/c1-7-21(2)42-27-16-22(8-9-24(27)18-33)25-19-34-30(35-20-25)36-26-11-10-23(17-28(26)41-6)29(39)37-12-14-38(15-13-37)31(40)43-32(3,4)5/h1,8-11,16-17,19-21H,12-15H2,2-6H3,(H,34,35,36)/t21-/m1/s1. The summed E-state index contributed by atoms with van der Waals surface area (Å²) in [5.41, 5.74) is 2.32. The predicted octanol–water partition coefficient (Wildman–Crippen LogP) is 4.86. The third kappa shape index (κ3) is 7.72. The number of aromatic nitrogens is 2. The minimum atomic E-state index is -0.574. The van der Waals surface area contributed by atoms with Gasteiger partial charge >= 0.3 is 6.09 Å². The topological polar surface area (TPSA) is 130 Å². The van der Waals surface area contributed by atoms with Crippen molar-refractivity contribution in [1.82, 2.24) is 19.8 Å². The molecule has 1 atom stereocenters. The van der Waals surface area contributed by atoms with E-state index in [-0.39, 0.29) is 12.0 Å². The van der Waals surface area contributed by atoms with Gasteiger partial charge in [-0.15, -0.1) is 6.42 Å². The van der Waals surface area contributed by atoms with Gasteiger partial charge < -0.3 is 29.3 Å². The number of amides is 2. The van der Waals surface area contributed by atoms with Gasteiger partial charge in [0.25, 0.3) is 5.91 Å². The predicted molar refractivity (Wildman–Crippen MR) is 161 cm³/mol. The number of rotatable bonds is 7. The second kappa shape index (κ2) is 13.1. The van der Waals surface area contributed by atoms with E-state index < -0.39 is 11.7 Å². The monoisotopic (exact) mass is 582 g/mol. The minimum absolute atomic E-state index is 0.156. The second-order valence-electron chi connectivity index (χ2n) is 10.8. The zero-order valence-corrected chi connectivity index (χ0v) is 24.9. The third-order valence-corrected chi connectivity index (χ3v) is 6.54. The van der Waals surface area contributed by atoms with Crippen LogP contribution in [0, 0.1) is 23.7 Å². The van der Waals surface area contributed by atoms with Crippen LogP contribution in [0.25, 0.3) is 11.1 Å². The number of benzene rings is 2. The Kier molecular flexibility index (Phi) is 9.36. The number of nitriles is 1. The van der Waals surface area contributed by atoms with Gasteiger partial charge in [0.15, 0.2) is 6.10 Å². The summed E-state index contributed by atoms with van der Waals surface area (Å²) in [6, 6.07) is 12.4. The number of nitrogens with zero attached hydrogens (tertiary/aromatic N) is 5. The third-order valence-electron chi connectivity index (χ3n) is 6.54. The van der Waals surface area contributed by atoms with Gasteiger partial charge in [0.1, 0.15) is 23.2 Å². The second-order valence-corrected chi connectivity index (χ2v) is 10.8. The van der Waals surface area contributed by atoms with Gasteiger partial charge in [0.2, 0.25) is 5.95 Å². The first-order valence-electron chi connectivity index (χ1n) is 13.7. The number of carbonyl (C=O) groups excluding carboxylic acids is 2. The van der Waals surface area contributed by atoms with Crippen LogP contribution in [0.5, 0.6) is 11.5 Å². The first kappa shape index (κ1) is 30.7. The molecule has 0 radical (unpaired) electrons. The lowest BCUT2D eigenvalue weighted by atomic mass is 10.1. The highest BCUT2D eigenvalue weighted by Crippen LogP contribution is 2.30. The van der Waals surface area contributed by atoms with E-state index in [1.54, 1.807) is 65.5 Å². The molecule has 0 saturated carbocycles. The van der Waals surface area contributed by atoms with Gasteiger partial charge in [0.05, 0.1) is 18.4 Å². The lowest BCUT2D eigenvalue weighted by Gasteiger charge is -2.35. The van der Waals surface area contributed by atoms with Crippen LogP contribution < -0.4 is 14.8 Å². The molecule has 1 aromatic heterocycles. The first-order chi connectivity index (χ1) is 20.5. The van der Waals surface area contributed by atoms with Crippen LogP contribution in [0.4, 0.5) is 16.4 Å². The average molecular weight is 583 g/mol. The van der Waals surface area contributed by atoms with Crippen molar-refractivity contribution in [2.24, 2.45) is 0 Å². The summed E-state index contributed by atoms with van der Waals surface area (Å²) in [5.74, 6) is 3.49. The normalized spacial score (nSPS) is 13.7. The summed E-state index contributed by atoms with van der Waals surface area (Å²) in [6.07, 6.45) is 7.84. The number of ether oxygens (including phenoxy) is 3. The molecule has 3 aromatic rings. The Balaban J connectivity index is 1.42. The lowest BCUT2D eigenvalue weighted by Crippen LogP contribution is -2.51. The molecule has 0 aliphatic carbocycles. The molecule has 11 nitrogen and oxygen atoms in total. The zero-order chi connectivity index (χ0) is 31.1. The summed E-state index contributed by atoms with van der Waals surface area (Å²) < 4.78 is 16.7. The molecule has 1 fully saturated rings. The van der Waals surface area contributed by atoms with Gasteiger partial charge in [0, 0.05) is 49.7 Å². The minimum Gasteiger partial charge on any atom is -0.495 e. The fourth-order valence-electron chi connectivity index (χ4n) is 4.31. The molecule has 2 heterocycles. The summed E-state index contributed by atoms with van der Waals surface area (Å²) in [6.45, 7) is 8.78. The van der Waals surface area contributed by atoms with Crippen LogP contribution in [0.2, 0.25) is 0 Å². The Morgan fingerprint density at radius 1 is 1.00 bits per heavy atom. The highest BCUT2D eigenvalue weighted by atomic mass is 16.6. The number of hydrogen-bond donors (Lipinski definition) is 1. The number of terminal acetylenes is 1. The maximum atomic E-state index is 13.2. The van der Waals surface area contributed by atoms with Crippen molar-refractivity contribution >= 4 is 23.6 Å². The molecule has 0 unspecified atom stereocenters. The summed E-state index contributed by atoms with van der Waals surface area (Å²) in [7, 11) is 1.52. The number of piperazine rings is 1. The smallest absolute Gasteiger partial charge is 0.410 e. The summed E-state index contributed by atoms with van der Waals surface area (Å²) >= 11 is 0. The van der Waals surface area contributed by atoms with Gasteiger partial charge in [-0.1, -0.05) is 12.0 Å². The van der Waals surface area contributed by atoms with Crippen LogP contribution in [-0.4, -0.2) is 76.8 Å². The molecule has 43 heavy (non-hydrogen) atoms. The molecule has 1 aliphatic heterocycles. The van der Waals surface area contributed by atoms with E-state index in [1.165, 1.54) is 7.11 Å². The highest BCUT2D eigenvalue weighted by Gasteiger charge is 2.28. The van der Waals surface area contributed by atoms with E-state index in [2.05, 4.69) is 27.3 Å². The number of hydrogen-bond acceptors (Lipinski definition) is 9. The Hall–Kier alpha value is -5.29. The van der Waals surface area contributed by atoms with Gasteiger partial charge in [-0.2, -0.15) is 5.26 Å². The van der Waals surface area contributed by atoms with Crippen LogP contribution in [-0.2, 0) is 4.74 Å². The zero-order valence-electron chi connectivity index (χ0n) is 24.9. The quantitative estimate of drug-likeness (QED) is 0.388. The van der Waals surface area contributed by atoms with Crippen molar-refractivity contribution in [1.29, 1.82) is 5.26 Å². The average Bonchev–Trinajstić information content (AvgIpc) is 3.00. The van der Waals surface area contributed by atoms with E-state index >= 15 is 0 Å². The largest absolute Gasteiger partial charge is 0.495 e. The number of nitrogens with one attached hydrogen (secondary N) is 1. The number of anilines is 2. The van der Waals surface area contributed by atoms with Crippen molar-refractivity contribution in [3.63, 3.8) is 0 Å². The Morgan fingerprint density at radius 3 is 2.28 bits per heavy atom. The van der Waals surface area contributed by atoms with Crippen molar-refractivity contribution in [3.05, 3.63) is 59.9 Å². The molecule has 11 heteroatoms. The molecule has 0 spiro atoms. The van der Waals surface area contributed by atoms with Crippen LogP contribution in [0.15, 0.2) is 48.8 Å².